The molecular weight excluding hydrogens is 204 g/mol. The highest BCUT2D eigenvalue weighted by molar-refractivity contribution is 5.57. The van der Waals surface area contributed by atoms with Gasteiger partial charge in [-0.2, -0.15) is 0 Å². The zero-order valence-electron chi connectivity index (χ0n) is 9.34. The maximum absolute atomic E-state index is 8.27. The fraction of sp³-hybridized carbons (Fsp3) is 0.333. The van der Waals surface area contributed by atoms with E-state index >= 15 is 0 Å². The SMILES string of the molecule is C=CCC(OC/C=N/O)c1ccc(C)nc1. The van der Waals surface area contributed by atoms with Crippen LogP contribution in [0, 0.1) is 6.92 Å². The number of hydrogen-bond acceptors (Lipinski definition) is 4. The molecule has 0 radical (unpaired) electrons. The van der Waals surface area contributed by atoms with Crippen molar-refractivity contribution in [1.82, 2.24) is 4.98 Å². The van der Waals surface area contributed by atoms with Crippen molar-refractivity contribution in [3.05, 3.63) is 42.2 Å². The van der Waals surface area contributed by atoms with Crippen LogP contribution >= 0.6 is 0 Å². The normalized spacial score (nSPS) is 12.8. The van der Waals surface area contributed by atoms with Gasteiger partial charge >= 0.3 is 0 Å². The van der Waals surface area contributed by atoms with Gasteiger partial charge in [0.1, 0.15) is 0 Å². The smallest absolute Gasteiger partial charge is 0.0879 e. The molecule has 86 valence electrons. The zero-order valence-corrected chi connectivity index (χ0v) is 9.34. The molecule has 1 aromatic heterocycles. The van der Waals surface area contributed by atoms with Gasteiger partial charge in [0.2, 0.25) is 0 Å². The Hall–Kier alpha value is -1.68. The molecule has 0 aromatic carbocycles. The lowest BCUT2D eigenvalue weighted by Gasteiger charge is -2.15. The molecule has 0 saturated carbocycles. The Kier molecular flexibility index (Phi) is 5.22. The number of pyridine rings is 1. The first-order valence-electron chi connectivity index (χ1n) is 5.09. The average Bonchev–Trinajstić information content (AvgIpc) is 2.29. The van der Waals surface area contributed by atoms with Crippen molar-refractivity contribution >= 4 is 6.21 Å². The minimum Gasteiger partial charge on any atom is -0.411 e. The van der Waals surface area contributed by atoms with Crippen LogP contribution < -0.4 is 0 Å². The molecule has 0 fully saturated rings. The van der Waals surface area contributed by atoms with Gasteiger partial charge in [-0.25, -0.2) is 0 Å². The van der Waals surface area contributed by atoms with E-state index in [2.05, 4.69) is 16.7 Å². The van der Waals surface area contributed by atoms with Crippen LogP contribution in [0.15, 0.2) is 36.1 Å². The van der Waals surface area contributed by atoms with Crippen LogP contribution in [0.3, 0.4) is 0 Å². The zero-order chi connectivity index (χ0) is 11.8. The van der Waals surface area contributed by atoms with Gasteiger partial charge < -0.3 is 9.94 Å². The molecule has 1 N–H and O–H groups in total. The monoisotopic (exact) mass is 220 g/mol. The first kappa shape index (κ1) is 12.4. The van der Waals surface area contributed by atoms with Gasteiger partial charge in [0, 0.05) is 11.9 Å². The molecule has 1 atom stereocenters. The second kappa shape index (κ2) is 6.74. The topological polar surface area (TPSA) is 54.7 Å². The largest absolute Gasteiger partial charge is 0.411 e. The first-order valence-corrected chi connectivity index (χ1v) is 5.09. The molecule has 0 aliphatic rings. The molecule has 1 heterocycles. The third-order valence-corrected chi connectivity index (χ3v) is 2.14. The van der Waals surface area contributed by atoms with Crippen LogP contribution in [-0.4, -0.2) is 23.0 Å². The average molecular weight is 220 g/mol. The van der Waals surface area contributed by atoms with E-state index in [0.29, 0.717) is 6.42 Å². The minimum absolute atomic E-state index is 0.0939. The van der Waals surface area contributed by atoms with Crippen LogP contribution in [0.5, 0.6) is 0 Å². The minimum atomic E-state index is -0.0939. The molecule has 0 amide bonds. The molecule has 4 heteroatoms. The van der Waals surface area contributed by atoms with Crippen molar-refractivity contribution in [2.45, 2.75) is 19.4 Å². The van der Waals surface area contributed by atoms with E-state index in [1.54, 1.807) is 12.3 Å². The summed E-state index contributed by atoms with van der Waals surface area (Å²) in [7, 11) is 0. The first-order chi connectivity index (χ1) is 7.77. The van der Waals surface area contributed by atoms with E-state index in [9.17, 15) is 0 Å². The summed E-state index contributed by atoms with van der Waals surface area (Å²) in [5.74, 6) is 0. The fourth-order valence-electron chi connectivity index (χ4n) is 1.31. The second-order valence-electron chi connectivity index (χ2n) is 3.38. The molecule has 16 heavy (non-hydrogen) atoms. The molecule has 0 spiro atoms. The summed E-state index contributed by atoms with van der Waals surface area (Å²) < 4.78 is 5.53. The van der Waals surface area contributed by atoms with E-state index in [1.807, 2.05) is 19.1 Å². The van der Waals surface area contributed by atoms with Gasteiger partial charge in [0.05, 0.1) is 18.9 Å². The van der Waals surface area contributed by atoms with Crippen LogP contribution in [0.4, 0.5) is 0 Å². The Morgan fingerprint density at radius 1 is 1.62 bits per heavy atom. The number of ether oxygens (including phenoxy) is 1. The van der Waals surface area contributed by atoms with Gasteiger partial charge in [-0.05, 0) is 25.0 Å². The molecule has 0 aliphatic carbocycles. The Bertz CT molecular complexity index is 347. The van der Waals surface area contributed by atoms with Gasteiger partial charge in [-0.3, -0.25) is 4.98 Å². The summed E-state index contributed by atoms with van der Waals surface area (Å²) >= 11 is 0. The Balaban J connectivity index is 2.68. The summed E-state index contributed by atoms with van der Waals surface area (Å²) in [5, 5.41) is 11.2. The van der Waals surface area contributed by atoms with Crippen LogP contribution in [0.1, 0.15) is 23.8 Å². The second-order valence-corrected chi connectivity index (χ2v) is 3.38. The van der Waals surface area contributed by atoms with Crippen LogP contribution in [0.25, 0.3) is 0 Å². The number of hydrogen-bond donors (Lipinski definition) is 1. The number of nitrogens with zero attached hydrogens (tertiary/aromatic N) is 2. The molecule has 0 bridgehead atoms. The maximum Gasteiger partial charge on any atom is 0.0879 e. The predicted molar refractivity (Wildman–Crippen MR) is 62.8 cm³/mol. The number of aromatic nitrogens is 1. The van der Waals surface area contributed by atoms with Crippen molar-refractivity contribution in [1.29, 1.82) is 0 Å². The van der Waals surface area contributed by atoms with Crippen molar-refractivity contribution < 1.29 is 9.94 Å². The van der Waals surface area contributed by atoms with E-state index in [0.717, 1.165) is 11.3 Å². The van der Waals surface area contributed by atoms with E-state index in [-0.39, 0.29) is 12.7 Å². The molecule has 0 saturated heterocycles. The maximum atomic E-state index is 8.27. The number of aryl methyl sites for hydroxylation is 1. The Morgan fingerprint density at radius 2 is 2.44 bits per heavy atom. The molecule has 0 aliphatic heterocycles. The van der Waals surface area contributed by atoms with Crippen molar-refractivity contribution in [2.75, 3.05) is 6.61 Å². The summed E-state index contributed by atoms with van der Waals surface area (Å²) in [6.07, 6.45) is 5.49. The summed E-state index contributed by atoms with van der Waals surface area (Å²) in [6.45, 7) is 5.89. The fourth-order valence-corrected chi connectivity index (χ4v) is 1.31. The molecule has 1 aromatic rings. The number of oxime groups is 1. The lowest BCUT2D eigenvalue weighted by atomic mass is 10.1. The third kappa shape index (κ3) is 3.82. The summed E-state index contributed by atoms with van der Waals surface area (Å²) in [5.41, 5.74) is 1.97. The highest BCUT2D eigenvalue weighted by Gasteiger charge is 2.09. The van der Waals surface area contributed by atoms with Gasteiger partial charge in [0.25, 0.3) is 0 Å². The molecular formula is C12H16N2O2. The Morgan fingerprint density at radius 3 is 3.00 bits per heavy atom. The summed E-state index contributed by atoms with van der Waals surface area (Å²) in [6, 6.07) is 3.92. The van der Waals surface area contributed by atoms with Crippen LogP contribution in [0.2, 0.25) is 0 Å². The van der Waals surface area contributed by atoms with Crippen molar-refractivity contribution in [3.8, 4) is 0 Å². The van der Waals surface area contributed by atoms with E-state index in [1.165, 1.54) is 6.21 Å². The molecule has 4 nitrogen and oxygen atoms in total. The molecule has 1 rings (SSSR count). The van der Waals surface area contributed by atoms with Crippen LogP contribution in [-0.2, 0) is 4.74 Å². The van der Waals surface area contributed by atoms with E-state index in [4.69, 9.17) is 9.94 Å². The molecule has 1 unspecified atom stereocenters. The van der Waals surface area contributed by atoms with Gasteiger partial charge in [-0.1, -0.05) is 17.3 Å². The highest BCUT2D eigenvalue weighted by Crippen LogP contribution is 2.20. The van der Waals surface area contributed by atoms with Crippen molar-refractivity contribution in [2.24, 2.45) is 5.16 Å². The van der Waals surface area contributed by atoms with Crippen molar-refractivity contribution in [3.63, 3.8) is 0 Å². The van der Waals surface area contributed by atoms with Gasteiger partial charge in [0.15, 0.2) is 0 Å². The highest BCUT2D eigenvalue weighted by atomic mass is 16.5. The predicted octanol–water partition coefficient (Wildman–Crippen LogP) is 2.48. The van der Waals surface area contributed by atoms with E-state index < -0.39 is 0 Å². The Labute approximate surface area is 95.3 Å². The third-order valence-electron chi connectivity index (χ3n) is 2.14. The standard InChI is InChI=1S/C12H16N2O2/c1-3-4-12(16-8-7-14-15)11-6-5-10(2)13-9-11/h3,5-7,9,12,15H,1,4,8H2,2H3/b14-7+. The van der Waals surface area contributed by atoms with Gasteiger partial charge in [-0.15, -0.1) is 6.58 Å². The lowest BCUT2D eigenvalue weighted by molar-refractivity contribution is 0.0845. The quantitative estimate of drug-likeness (QED) is 0.347. The lowest BCUT2D eigenvalue weighted by Crippen LogP contribution is -2.06. The number of rotatable bonds is 6. The summed E-state index contributed by atoms with van der Waals surface area (Å²) in [4.78, 5) is 4.21.